The molecule has 1 saturated carbocycles. The molecule has 1 aliphatic rings. The molecule has 3 rings (SSSR count). The molecule has 0 saturated heterocycles. The summed E-state index contributed by atoms with van der Waals surface area (Å²) in [6.45, 7) is -0.691. The van der Waals surface area contributed by atoms with Crippen molar-refractivity contribution in [1.29, 1.82) is 0 Å². The van der Waals surface area contributed by atoms with E-state index in [2.05, 4.69) is 10.3 Å². The van der Waals surface area contributed by atoms with Crippen LogP contribution in [0.15, 0.2) is 24.3 Å². The second-order valence-electron chi connectivity index (χ2n) is 7.08. The number of alkyl halides is 3. The fourth-order valence-corrected chi connectivity index (χ4v) is 4.34. The Kier molecular flexibility index (Phi) is 6.42. The minimum atomic E-state index is -5.15. The van der Waals surface area contributed by atoms with Crippen LogP contribution >= 0.6 is 11.3 Å². The van der Waals surface area contributed by atoms with Crippen LogP contribution in [0.5, 0.6) is 0 Å². The van der Waals surface area contributed by atoms with Gasteiger partial charge in [-0.05, 0) is 25.0 Å². The van der Waals surface area contributed by atoms with E-state index in [4.69, 9.17) is 4.74 Å². The average molecular weight is 430 g/mol. The molecule has 1 aromatic carbocycles. The second-order valence-corrected chi connectivity index (χ2v) is 8.12. The Morgan fingerprint density at radius 1 is 1.21 bits per heavy atom. The van der Waals surface area contributed by atoms with E-state index in [1.54, 1.807) is 18.2 Å². The molecule has 0 unspecified atom stereocenters. The van der Waals surface area contributed by atoms with Gasteiger partial charge in [0.05, 0.1) is 16.6 Å². The molecule has 2 N–H and O–H groups in total. The maximum absolute atomic E-state index is 13.6. The number of benzene rings is 1. The zero-order chi connectivity index (χ0) is 21.1. The molecule has 1 aliphatic carbocycles. The smallest absolute Gasteiger partial charge is 0.424 e. The number of thiazole rings is 1. The van der Waals surface area contributed by atoms with Crippen LogP contribution in [0.4, 0.5) is 13.2 Å². The van der Waals surface area contributed by atoms with Gasteiger partial charge in [0.2, 0.25) is 5.60 Å². The van der Waals surface area contributed by atoms with Crippen LogP contribution in [0, 0.1) is 0 Å². The number of carbonyl (C=O) groups excluding carboxylic acids is 2. The highest BCUT2D eigenvalue weighted by atomic mass is 32.1. The SMILES string of the molecule is O=C(COC(=O)C[C@](O)(c1nc2ccccc2s1)C(F)(F)F)NC1CCCCC1. The summed E-state index contributed by atoms with van der Waals surface area (Å²) in [6, 6.07) is 6.32. The second kappa shape index (κ2) is 8.66. The zero-order valence-electron chi connectivity index (χ0n) is 15.5. The van der Waals surface area contributed by atoms with Crippen molar-refractivity contribution in [3.05, 3.63) is 29.3 Å². The highest BCUT2D eigenvalue weighted by Gasteiger charge is 2.58. The first-order valence-electron chi connectivity index (χ1n) is 9.29. The number of esters is 1. The van der Waals surface area contributed by atoms with E-state index >= 15 is 0 Å². The first-order chi connectivity index (χ1) is 13.7. The first-order valence-corrected chi connectivity index (χ1v) is 10.1. The van der Waals surface area contributed by atoms with Crippen molar-refractivity contribution >= 4 is 33.4 Å². The fourth-order valence-electron chi connectivity index (χ4n) is 3.27. The largest absolute Gasteiger partial charge is 0.455 e. The molecule has 1 heterocycles. The summed E-state index contributed by atoms with van der Waals surface area (Å²) in [7, 11) is 0. The van der Waals surface area contributed by atoms with Gasteiger partial charge in [-0.15, -0.1) is 11.3 Å². The molecule has 1 amide bonds. The van der Waals surface area contributed by atoms with Gasteiger partial charge in [0, 0.05) is 6.04 Å². The molecular formula is C19H21F3N2O4S. The summed E-state index contributed by atoms with van der Waals surface area (Å²) >= 11 is 0.653. The van der Waals surface area contributed by atoms with E-state index in [9.17, 15) is 27.9 Å². The van der Waals surface area contributed by atoms with Crippen LogP contribution in [0.1, 0.15) is 43.5 Å². The zero-order valence-corrected chi connectivity index (χ0v) is 16.3. The number of carbonyl (C=O) groups is 2. The van der Waals surface area contributed by atoms with Crippen molar-refractivity contribution < 1.29 is 32.6 Å². The lowest BCUT2D eigenvalue weighted by molar-refractivity contribution is -0.269. The lowest BCUT2D eigenvalue weighted by Gasteiger charge is -2.27. The lowest BCUT2D eigenvalue weighted by atomic mass is 9.95. The standard InChI is InChI=1S/C19H21F3N2O4S/c20-19(21,22)18(27,17-24-13-8-4-5-9-14(13)29-17)10-16(26)28-11-15(25)23-12-6-2-1-3-7-12/h4-5,8-9,12,27H,1-3,6-7,10-11H2,(H,23,25)/t18-/m0/s1. The van der Waals surface area contributed by atoms with E-state index in [0.717, 1.165) is 32.1 Å². The molecule has 6 nitrogen and oxygen atoms in total. The molecular weight excluding hydrogens is 409 g/mol. The number of aliphatic hydroxyl groups is 1. The summed E-state index contributed by atoms with van der Waals surface area (Å²) in [4.78, 5) is 27.7. The molecule has 1 fully saturated rings. The number of halogens is 3. The van der Waals surface area contributed by atoms with E-state index in [-0.39, 0.29) is 11.6 Å². The molecule has 0 aliphatic heterocycles. The highest BCUT2D eigenvalue weighted by Crippen LogP contribution is 2.44. The molecule has 158 valence electrons. The molecule has 0 radical (unpaired) electrons. The van der Waals surface area contributed by atoms with Crippen molar-refractivity contribution in [3.8, 4) is 0 Å². The summed E-state index contributed by atoms with van der Waals surface area (Å²) in [5.74, 6) is -1.90. The van der Waals surface area contributed by atoms with Gasteiger partial charge in [0.1, 0.15) is 5.01 Å². The Morgan fingerprint density at radius 2 is 1.90 bits per heavy atom. The first kappa shape index (κ1) is 21.5. The van der Waals surface area contributed by atoms with Gasteiger partial charge in [-0.1, -0.05) is 31.4 Å². The number of aromatic nitrogens is 1. The van der Waals surface area contributed by atoms with Gasteiger partial charge in [0.15, 0.2) is 6.61 Å². The maximum Gasteiger partial charge on any atom is 0.424 e. The fraction of sp³-hybridized carbons (Fsp3) is 0.526. The van der Waals surface area contributed by atoms with Crippen LogP contribution in [0.3, 0.4) is 0 Å². The number of fused-ring (bicyclic) bond motifs is 1. The molecule has 29 heavy (non-hydrogen) atoms. The van der Waals surface area contributed by atoms with E-state index in [1.807, 2.05) is 0 Å². The lowest BCUT2D eigenvalue weighted by Crippen LogP contribution is -2.45. The number of rotatable bonds is 6. The third-order valence-corrected chi connectivity index (χ3v) is 6.04. The van der Waals surface area contributed by atoms with Gasteiger partial charge in [-0.2, -0.15) is 13.2 Å². The summed E-state index contributed by atoms with van der Waals surface area (Å²) in [5.41, 5.74) is -3.21. The molecule has 10 heteroatoms. The van der Waals surface area contributed by atoms with E-state index < -0.39 is 41.7 Å². The topological polar surface area (TPSA) is 88.5 Å². The number of amides is 1. The van der Waals surface area contributed by atoms with Crippen LogP contribution < -0.4 is 5.32 Å². The third kappa shape index (κ3) is 5.05. The summed E-state index contributed by atoms with van der Waals surface area (Å²) < 4.78 is 46.0. The van der Waals surface area contributed by atoms with E-state index in [0.29, 0.717) is 16.0 Å². The number of hydrogen-bond acceptors (Lipinski definition) is 6. The third-order valence-electron chi connectivity index (χ3n) is 4.85. The monoisotopic (exact) mass is 430 g/mol. The normalized spacial score (nSPS) is 17.7. The van der Waals surface area contributed by atoms with E-state index in [1.165, 1.54) is 6.07 Å². The quantitative estimate of drug-likeness (QED) is 0.686. The van der Waals surface area contributed by atoms with Crippen molar-refractivity contribution in [3.63, 3.8) is 0 Å². The minimum absolute atomic E-state index is 0.00944. The minimum Gasteiger partial charge on any atom is -0.455 e. The Morgan fingerprint density at radius 3 is 2.55 bits per heavy atom. The van der Waals surface area contributed by atoms with Gasteiger partial charge < -0.3 is 15.2 Å². The van der Waals surface area contributed by atoms with Crippen molar-refractivity contribution in [2.24, 2.45) is 0 Å². The van der Waals surface area contributed by atoms with Gasteiger partial charge >= 0.3 is 12.1 Å². The molecule has 2 aromatic rings. The summed E-state index contributed by atoms with van der Waals surface area (Å²) in [6.07, 6.45) is -1.80. The Labute approximate surface area is 169 Å². The van der Waals surface area contributed by atoms with Crippen molar-refractivity contribution in [2.75, 3.05) is 6.61 Å². The van der Waals surface area contributed by atoms with Crippen molar-refractivity contribution in [1.82, 2.24) is 10.3 Å². The molecule has 0 spiro atoms. The van der Waals surface area contributed by atoms with Crippen molar-refractivity contribution in [2.45, 2.75) is 56.3 Å². The molecule has 0 bridgehead atoms. The molecule has 1 atom stereocenters. The van der Waals surface area contributed by atoms with Crippen LogP contribution in [0.25, 0.3) is 10.2 Å². The Balaban J connectivity index is 1.65. The average Bonchev–Trinajstić information content (AvgIpc) is 3.11. The predicted octanol–water partition coefficient (Wildman–Crippen LogP) is 3.43. The predicted molar refractivity (Wildman–Crippen MR) is 100 cm³/mol. The summed E-state index contributed by atoms with van der Waals surface area (Å²) in [5, 5.41) is 12.4. The van der Waals surface area contributed by atoms with Crippen LogP contribution in [-0.4, -0.2) is 40.8 Å². The number of nitrogens with one attached hydrogen (secondary N) is 1. The maximum atomic E-state index is 13.6. The number of para-hydroxylation sites is 1. The van der Waals surface area contributed by atoms with Gasteiger partial charge in [-0.3, -0.25) is 9.59 Å². The number of nitrogens with zero attached hydrogens (tertiary/aromatic N) is 1. The van der Waals surface area contributed by atoms with Crippen LogP contribution in [-0.2, 0) is 19.9 Å². The van der Waals surface area contributed by atoms with Gasteiger partial charge in [-0.25, -0.2) is 4.98 Å². The highest BCUT2D eigenvalue weighted by molar-refractivity contribution is 7.18. The Bertz CT molecular complexity index is 847. The van der Waals surface area contributed by atoms with Crippen LogP contribution in [0.2, 0.25) is 0 Å². The van der Waals surface area contributed by atoms with Gasteiger partial charge in [0.25, 0.3) is 5.91 Å². The Hall–Kier alpha value is -2.20. The molecule has 1 aromatic heterocycles. The number of ether oxygens (including phenoxy) is 1. The number of hydrogen-bond donors (Lipinski definition) is 2.